The number of carbonyl (C=O) groups excluding carboxylic acids is 1. The molecule has 0 spiro atoms. The van der Waals surface area contributed by atoms with Crippen LogP contribution < -0.4 is 10.5 Å². The minimum absolute atomic E-state index is 0.175. The van der Waals surface area contributed by atoms with Gasteiger partial charge in [-0.1, -0.05) is 6.07 Å². The number of carbonyl (C=O) groups is 1. The number of hydrogen-bond donors (Lipinski definition) is 2. The Labute approximate surface area is 115 Å². The van der Waals surface area contributed by atoms with Crippen LogP contribution in [0.25, 0.3) is 11.1 Å². The van der Waals surface area contributed by atoms with Gasteiger partial charge in [0.2, 0.25) is 5.91 Å². The summed E-state index contributed by atoms with van der Waals surface area (Å²) in [5, 5.41) is 9.11. The summed E-state index contributed by atoms with van der Waals surface area (Å²) in [7, 11) is 1.50. The lowest BCUT2D eigenvalue weighted by Crippen LogP contribution is -2.11. The first kappa shape index (κ1) is 14.0. The summed E-state index contributed by atoms with van der Waals surface area (Å²) in [6.07, 6.45) is 0. The average molecular weight is 275 g/mol. The Kier molecular flexibility index (Phi) is 4.00. The predicted octanol–water partition coefficient (Wildman–Crippen LogP) is 2.09. The molecule has 0 atom stereocenters. The van der Waals surface area contributed by atoms with Crippen molar-refractivity contribution in [1.82, 2.24) is 0 Å². The number of primary amides is 1. The molecule has 2 rings (SSSR count). The van der Waals surface area contributed by atoms with Crippen molar-refractivity contribution in [2.24, 2.45) is 5.73 Å². The van der Waals surface area contributed by atoms with E-state index >= 15 is 0 Å². The number of benzene rings is 2. The molecule has 104 valence electrons. The van der Waals surface area contributed by atoms with Gasteiger partial charge < -0.3 is 15.6 Å². The van der Waals surface area contributed by atoms with Crippen LogP contribution in [0.5, 0.6) is 5.75 Å². The highest BCUT2D eigenvalue weighted by atomic mass is 19.1. The van der Waals surface area contributed by atoms with Crippen LogP contribution in [0.4, 0.5) is 4.39 Å². The van der Waals surface area contributed by atoms with E-state index in [1.165, 1.54) is 19.2 Å². The second-order valence-corrected chi connectivity index (χ2v) is 4.24. The lowest BCUT2D eigenvalue weighted by molar-refractivity contribution is 0.100. The highest BCUT2D eigenvalue weighted by Gasteiger charge is 2.11. The number of ether oxygens (including phenoxy) is 1. The lowest BCUT2D eigenvalue weighted by Gasteiger charge is -2.11. The van der Waals surface area contributed by atoms with E-state index in [2.05, 4.69) is 0 Å². The monoisotopic (exact) mass is 275 g/mol. The van der Waals surface area contributed by atoms with Crippen molar-refractivity contribution >= 4 is 5.91 Å². The maximum atomic E-state index is 13.4. The largest absolute Gasteiger partial charge is 0.496 e. The Morgan fingerprint density at radius 1 is 1.30 bits per heavy atom. The Morgan fingerprint density at radius 3 is 2.65 bits per heavy atom. The van der Waals surface area contributed by atoms with Gasteiger partial charge in [-0.15, -0.1) is 0 Å². The molecule has 0 saturated carbocycles. The van der Waals surface area contributed by atoms with E-state index in [1.54, 1.807) is 24.3 Å². The molecule has 0 radical (unpaired) electrons. The Morgan fingerprint density at radius 2 is 2.05 bits per heavy atom. The summed E-state index contributed by atoms with van der Waals surface area (Å²) in [6, 6.07) is 9.08. The van der Waals surface area contributed by atoms with Crippen LogP contribution in [-0.2, 0) is 6.61 Å². The van der Waals surface area contributed by atoms with Gasteiger partial charge in [-0.05, 0) is 35.9 Å². The van der Waals surface area contributed by atoms with Crippen LogP contribution in [0.15, 0.2) is 36.4 Å². The van der Waals surface area contributed by atoms with Gasteiger partial charge in [-0.2, -0.15) is 0 Å². The topological polar surface area (TPSA) is 72.5 Å². The fraction of sp³-hybridized carbons (Fsp3) is 0.133. The van der Waals surface area contributed by atoms with Crippen molar-refractivity contribution in [3.8, 4) is 16.9 Å². The summed E-state index contributed by atoms with van der Waals surface area (Å²) >= 11 is 0. The standard InChI is InChI=1S/C15H14FNO3/c1-20-14-5-3-10(15(17)19)7-12(14)9-2-4-13(16)11(6-9)8-18/h2-7,18H,8H2,1H3,(H2,17,19). The molecule has 5 heteroatoms. The smallest absolute Gasteiger partial charge is 0.248 e. The molecule has 3 N–H and O–H groups in total. The zero-order valence-corrected chi connectivity index (χ0v) is 10.9. The molecular formula is C15H14FNO3. The van der Waals surface area contributed by atoms with Crippen LogP contribution in [0.1, 0.15) is 15.9 Å². The van der Waals surface area contributed by atoms with Gasteiger partial charge in [0, 0.05) is 16.7 Å². The first-order chi connectivity index (χ1) is 9.56. The fourth-order valence-electron chi connectivity index (χ4n) is 1.95. The summed E-state index contributed by atoms with van der Waals surface area (Å²) in [5.74, 6) is -0.509. The van der Waals surface area contributed by atoms with E-state index < -0.39 is 18.3 Å². The maximum Gasteiger partial charge on any atom is 0.248 e. The molecule has 0 aliphatic rings. The lowest BCUT2D eigenvalue weighted by atomic mass is 9.99. The van der Waals surface area contributed by atoms with Gasteiger partial charge in [0.1, 0.15) is 11.6 Å². The molecule has 2 aromatic carbocycles. The summed E-state index contributed by atoms with van der Waals surface area (Å²) < 4.78 is 18.6. The molecule has 0 unspecified atom stereocenters. The van der Waals surface area contributed by atoms with Crippen LogP contribution in [-0.4, -0.2) is 18.1 Å². The van der Waals surface area contributed by atoms with Gasteiger partial charge in [0.25, 0.3) is 0 Å². The molecule has 1 amide bonds. The molecule has 0 heterocycles. The number of amides is 1. The van der Waals surface area contributed by atoms with Crippen molar-refractivity contribution in [1.29, 1.82) is 0 Å². The van der Waals surface area contributed by atoms with Gasteiger partial charge in [-0.3, -0.25) is 4.79 Å². The zero-order valence-electron chi connectivity index (χ0n) is 10.9. The van der Waals surface area contributed by atoms with Gasteiger partial charge in [0.05, 0.1) is 13.7 Å². The minimum atomic E-state index is -0.557. The highest BCUT2D eigenvalue weighted by molar-refractivity contribution is 5.94. The summed E-state index contributed by atoms with van der Waals surface area (Å²) in [6.45, 7) is -0.405. The third-order valence-corrected chi connectivity index (χ3v) is 3.01. The van der Waals surface area contributed by atoms with Crippen molar-refractivity contribution in [3.05, 3.63) is 53.3 Å². The van der Waals surface area contributed by atoms with Crippen molar-refractivity contribution in [2.45, 2.75) is 6.61 Å². The summed E-state index contributed by atoms with van der Waals surface area (Å²) in [4.78, 5) is 11.2. The number of hydrogen-bond acceptors (Lipinski definition) is 3. The van der Waals surface area contributed by atoms with E-state index in [9.17, 15) is 9.18 Å². The number of halogens is 1. The first-order valence-corrected chi connectivity index (χ1v) is 5.94. The van der Waals surface area contributed by atoms with Crippen LogP contribution in [0.3, 0.4) is 0 Å². The molecule has 20 heavy (non-hydrogen) atoms. The highest BCUT2D eigenvalue weighted by Crippen LogP contribution is 2.32. The normalized spacial score (nSPS) is 10.3. The molecule has 0 fully saturated rings. The Hall–Kier alpha value is -2.40. The third kappa shape index (κ3) is 2.62. The molecule has 4 nitrogen and oxygen atoms in total. The van der Waals surface area contributed by atoms with E-state index in [1.807, 2.05) is 0 Å². The maximum absolute atomic E-state index is 13.4. The van der Waals surface area contributed by atoms with Crippen molar-refractivity contribution < 1.29 is 19.0 Å². The van der Waals surface area contributed by atoms with Crippen LogP contribution in [0.2, 0.25) is 0 Å². The van der Waals surface area contributed by atoms with E-state index in [-0.39, 0.29) is 5.56 Å². The number of rotatable bonds is 4. The number of nitrogens with two attached hydrogens (primary N) is 1. The van der Waals surface area contributed by atoms with E-state index in [0.717, 1.165) is 0 Å². The van der Waals surface area contributed by atoms with Crippen LogP contribution >= 0.6 is 0 Å². The Balaban J connectivity index is 2.60. The van der Waals surface area contributed by atoms with Crippen molar-refractivity contribution in [2.75, 3.05) is 7.11 Å². The molecule has 0 bridgehead atoms. The molecule has 0 aliphatic heterocycles. The molecule has 0 saturated heterocycles. The molecule has 0 aliphatic carbocycles. The number of aliphatic hydroxyl groups excluding tert-OH is 1. The quantitative estimate of drug-likeness (QED) is 0.897. The number of methoxy groups -OCH3 is 1. The zero-order chi connectivity index (χ0) is 14.7. The third-order valence-electron chi connectivity index (χ3n) is 3.01. The summed E-state index contributed by atoms with van der Waals surface area (Å²) in [5.41, 5.74) is 7.00. The second kappa shape index (κ2) is 5.71. The first-order valence-electron chi connectivity index (χ1n) is 5.94. The van der Waals surface area contributed by atoms with E-state index in [0.29, 0.717) is 22.4 Å². The van der Waals surface area contributed by atoms with Gasteiger partial charge in [-0.25, -0.2) is 4.39 Å². The van der Waals surface area contributed by atoms with Gasteiger partial charge >= 0.3 is 0 Å². The minimum Gasteiger partial charge on any atom is -0.496 e. The molecular weight excluding hydrogens is 261 g/mol. The number of aliphatic hydroxyl groups is 1. The second-order valence-electron chi connectivity index (χ2n) is 4.24. The fourth-order valence-corrected chi connectivity index (χ4v) is 1.95. The van der Waals surface area contributed by atoms with E-state index in [4.69, 9.17) is 15.6 Å². The Bertz CT molecular complexity index is 656. The van der Waals surface area contributed by atoms with Gasteiger partial charge in [0.15, 0.2) is 0 Å². The molecule has 0 aromatic heterocycles. The predicted molar refractivity (Wildman–Crippen MR) is 72.8 cm³/mol. The average Bonchev–Trinajstić information content (AvgIpc) is 2.47. The van der Waals surface area contributed by atoms with Crippen molar-refractivity contribution in [3.63, 3.8) is 0 Å². The SMILES string of the molecule is COc1ccc(C(N)=O)cc1-c1ccc(F)c(CO)c1. The van der Waals surface area contributed by atoms with Crippen LogP contribution in [0, 0.1) is 5.82 Å². The molecule has 2 aromatic rings.